The number of carbonyl (C=O) groups is 1. The van der Waals surface area contributed by atoms with Gasteiger partial charge in [0.2, 0.25) is 5.91 Å². The molecule has 94 heavy (non-hydrogen) atoms. The Morgan fingerprint density at radius 1 is 0.383 bits per heavy atom. The topological polar surface area (TPSA) is 108 Å². The molecule has 0 aromatic rings. The van der Waals surface area contributed by atoms with E-state index in [-0.39, 0.29) is 19.1 Å². The summed E-state index contributed by atoms with van der Waals surface area (Å²) in [7, 11) is 1.27. The Hall–Kier alpha value is -2.84. The Morgan fingerprint density at radius 3 is 0.947 bits per heavy atom. The highest BCUT2D eigenvalue weighted by molar-refractivity contribution is 7.45. The largest absolute Gasteiger partial charge is 0.756 e. The van der Waals surface area contributed by atoms with Crippen molar-refractivity contribution in [2.45, 2.75) is 386 Å². The fraction of sp³-hybridized carbons (Fsp3) is 0.776. The first-order chi connectivity index (χ1) is 46.0. The monoisotopic (exact) mass is 1330 g/mol. The van der Waals surface area contributed by atoms with Gasteiger partial charge in [-0.15, -0.1) is 0 Å². The van der Waals surface area contributed by atoms with E-state index < -0.39 is 20.0 Å². The third-order valence-corrected chi connectivity index (χ3v) is 19.0. The number of nitrogens with one attached hydrogen (secondary N) is 1. The summed E-state index contributed by atoms with van der Waals surface area (Å²) in [6, 6.07) is -0.894. The van der Waals surface area contributed by atoms with Gasteiger partial charge in [-0.25, -0.2) is 0 Å². The van der Waals surface area contributed by atoms with E-state index in [0.29, 0.717) is 17.4 Å². The van der Waals surface area contributed by atoms with E-state index in [2.05, 4.69) is 116 Å². The summed E-state index contributed by atoms with van der Waals surface area (Å²) in [6.45, 7) is 4.58. The van der Waals surface area contributed by atoms with Crippen LogP contribution in [0.2, 0.25) is 0 Å². The van der Waals surface area contributed by atoms with Crippen molar-refractivity contribution in [2.75, 3.05) is 40.9 Å². The molecule has 0 aromatic carbocycles. The van der Waals surface area contributed by atoms with Crippen LogP contribution >= 0.6 is 7.82 Å². The number of allylic oxidation sites excluding steroid dienone is 17. The van der Waals surface area contributed by atoms with Crippen molar-refractivity contribution in [1.82, 2.24) is 5.32 Å². The van der Waals surface area contributed by atoms with Crippen LogP contribution in [0.1, 0.15) is 373 Å². The lowest BCUT2D eigenvalue weighted by Crippen LogP contribution is -2.45. The summed E-state index contributed by atoms with van der Waals surface area (Å²) in [5.74, 6) is -0.195. The van der Waals surface area contributed by atoms with E-state index in [1.54, 1.807) is 6.08 Å². The van der Waals surface area contributed by atoms with Crippen LogP contribution in [0.15, 0.2) is 109 Å². The predicted octanol–water partition coefficient (Wildman–Crippen LogP) is 25.9. The molecule has 3 unspecified atom stereocenters. The SMILES string of the molecule is CC/C=C\C/C=C\C/C=C\C/C=C\C/C=C\C/C=C\C/C=C\C/C=C\CCCCCCCCCCCCCCCCCCC(=O)NC(COP(=O)([O-])OCC[N+](C)(C)C)C(O)/C=C/CCCCCCCCCCCCCCCCCCCCCCCCCCCCCCC. The molecule has 3 atom stereocenters. The summed E-state index contributed by atoms with van der Waals surface area (Å²) >= 11 is 0. The maximum atomic E-state index is 13.1. The van der Waals surface area contributed by atoms with E-state index in [9.17, 15) is 19.4 Å². The minimum absolute atomic E-state index is 0.00292. The van der Waals surface area contributed by atoms with Crippen LogP contribution in [0.3, 0.4) is 0 Å². The lowest BCUT2D eigenvalue weighted by Gasteiger charge is -2.29. The molecule has 0 radical (unpaired) electrons. The quantitative estimate of drug-likeness (QED) is 0.0272. The molecule has 0 aliphatic rings. The third kappa shape index (κ3) is 76.5. The Labute approximate surface area is 584 Å². The number of likely N-dealkylation sites (N-methyl/N-ethyl adjacent to an activating group) is 1. The van der Waals surface area contributed by atoms with E-state index in [1.165, 1.54) is 263 Å². The van der Waals surface area contributed by atoms with Gasteiger partial charge in [-0.05, 0) is 83.5 Å². The molecule has 546 valence electrons. The smallest absolute Gasteiger partial charge is 0.268 e. The molecule has 0 bridgehead atoms. The fourth-order valence-corrected chi connectivity index (χ4v) is 12.5. The molecule has 2 N–H and O–H groups in total. The molecule has 0 aromatic heterocycles. The molecule has 0 spiro atoms. The number of unbranched alkanes of at least 4 members (excludes halogenated alkanes) is 45. The highest BCUT2D eigenvalue weighted by Crippen LogP contribution is 2.38. The lowest BCUT2D eigenvalue weighted by molar-refractivity contribution is -0.870. The molecular weight excluding hydrogens is 1180 g/mol. The third-order valence-electron chi connectivity index (χ3n) is 18.0. The molecule has 0 aliphatic carbocycles. The second-order valence-electron chi connectivity index (χ2n) is 28.4. The van der Waals surface area contributed by atoms with Gasteiger partial charge in [0.05, 0.1) is 39.9 Å². The zero-order chi connectivity index (χ0) is 68.3. The highest BCUT2D eigenvalue weighted by atomic mass is 31.2. The van der Waals surface area contributed by atoms with Crippen molar-refractivity contribution in [3.05, 3.63) is 109 Å². The zero-order valence-electron chi connectivity index (χ0n) is 62.6. The van der Waals surface area contributed by atoms with Crippen LogP contribution in [0, 0.1) is 0 Å². The minimum atomic E-state index is -4.61. The Balaban J connectivity index is 4.00. The summed E-state index contributed by atoms with van der Waals surface area (Å²) in [5.41, 5.74) is 0. The second-order valence-corrected chi connectivity index (χ2v) is 29.8. The molecule has 9 heteroatoms. The van der Waals surface area contributed by atoms with E-state index in [0.717, 1.165) is 89.9 Å². The molecule has 0 saturated carbocycles. The predicted molar refractivity (Wildman–Crippen MR) is 413 cm³/mol. The van der Waals surface area contributed by atoms with Crippen molar-refractivity contribution in [3.8, 4) is 0 Å². The molecule has 0 saturated heterocycles. The van der Waals surface area contributed by atoms with Gasteiger partial charge >= 0.3 is 0 Å². The van der Waals surface area contributed by atoms with Gasteiger partial charge in [0.1, 0.15) is 13.2 Å². The number of nitrogens with zero attached hydrogens (tertiary/aromatic N) is 1. The first kappa shape index (κ1) is 91.2. The van der Waals surface area contributed by atoms with Crippen LogP contribution in [0.5, 0.6) is 0 Å². The number of phosphoric ester groups is 1. The van der Waals surface area contributed by atoms with Crippen molar-refractivity contribution in [1.29, 1.82) is 0 Å². The molecule has 0 rings (SSSR count). The van der Waals surface area contributed by atoms with Crippen molar-refractivity contribution in [3.63, 3.8) is 0 Å². The van der Waals surface area contributed by atoms with Crippen molar-refractivity contribution >= 4 is 13.7 Å². The Morgan fingerprint density at radius 2 is 0.649 bits per heavy atom. The summed E-state index contributed by atoms with van der Waals surface area (Å²) in [5, 5.41) is 14.0. The summed E-state index contributed by atoms with van der Waals surface area (Å²) < 4.78 is 23.5. The zero-order valence-corrected chi connectivity index (χ0v) is 63.5. The number of amides is 1. The maximum absolute atomic E-state index is 13.1. The van der Waals surface area contributed by atoms with E-state index in [4.69, 9.17) is 9.05 Å². The Bertz CT molecular complexity index is 1910. The van der Waals surface area contributed by atoms with Gasteiger partial charge in [0.15, 0.2) is 0 Å². The standard InChI is InChI=1S/C85H155N2O6P/c1-6-8-10-12-14-16-18-20-22-24-26-28-30-32-34-36-38-39-40-41-42-43-44-45-46-47-49-51-53-55-57-59-61-63-65-67-69-71-73-75-77-79-85(89)86-83(82-93-94(90,91)92-81-80-87(3,4)5)84(88)78-76-74-72-70-68-66-64-62-60-58-56-54-52-50-48-37-35-33-31-29-27-25-23-21-19-17-15-13-11-9-7-2/h8,10,14,16,20,22,26,28,32,34,38-39,41-42,44-45,76,78,83-84,88H,6-7,9,11-13,15,17-19,21,23-25,27,29-31,33,35-37,40,43,46-75,77,79-82H2,1-5H3,(H-,86,89,90,91)/b10-8-,16-14-,22-20-,28-26-,34-32-,39-38-,42-41-,45-44-,78-76+. The van der Waals surface area contributed by atoms with Gasteiger partial charge in [0, 0.05) is 6.42 Å². The number of hydrogen-bond acceptors (Lipinski definition) is 6. The fourth-order valence-electron chi connectivity index (χ4n) is 11.8. The average Bonchev–Trinajstić information content (AvgIpc) is 1.77. The number of rotatable bonds is 74. The summed E-state index contributed by atoms with van der Waals surface area (Å²) in [6.07, 6.45) is 110. The molecule has 0 heterocycles. The van der Waals surface area contributed by atoms with Crippen LogP contribution in [-0.4, -0.2) is 68.5 Å². The molecule has 0 aliphatic heterocycles. The van der Waals surface area contributed by atoms with Crippen LogP contribution in [0.25, 0.3) is 0 Å². The van der Waals surface area contributed by atoms with Gasteiger partial charge in [-0.2, -0.15) is 0 Å². The van der Waals surface area contributed by atoms with Crippen LogP contribution in [0.4, 0.5) is 0 Å². The molecular formula is C85H155N2O6P. The first-order valence-electron chi connectivity index (χ1n) is 40.2. The van der Waals surface area contributed by atoms with Crippen molar-refractivity contribution in [2.24, 2.45) is 0 Å². The van der Waals surface area contributed by atoms with Gasteiger partial charge < -0.3 is 28.8 Å². The number of quaternary nitrogens is 1. The number of aliphatic hydroxyl groups excluding tert-OH is 1. The summed E-state index contributed by atoms with van der Waals surface area (Å²) in [4.78, 5) is 25.7. The van der Waals surface area contributed by atoms with Crippen LogP contribution < -0.4 is 10.2 Å². The highest BCUT2D eigenvalue weighted by Gasteiger charge is 2.23. The van der Waals surface area contributed by atoms with E-state index >= 15 is 0 Å². The van der Waals surface area contributed by atoms with Gasteiger partial charge in [-0.3, -0.25) is 9.36 Å². The molecule has 0 fully saturated rings. The maximum Gasteiger partial charge on any atom is 0.268 e. The minimum Gasteiger partial charge on any atom is -0.756 e. The number of phosphoric acid groups is 1. The van der Waals surface area contributed by atoms with E-state index in [1.807, 2.05) is 27.2 Å². The Kier molecular flexibility index (Phi) is 72.1. The average molecular weight is 1330 g/mol. The van der Waals surface area contributed by atoms with Crippen molar-refractivity contribution < 1.29 is 32.9 Å². The number of carbonyl (C=O) groups excluding carboxylic acids is 1. The van der Waals surface area contributed by atoms with Gasteiger partial charge in [0.25, 0.3) is 7.82 Å². The number of hydrogen-bond donors (Lipinski definition) is 2. The molecule has 8 nitrogen and oxygen atoms in total. The molecule has 1 amide bonds. The normalized spacial score (nSPS) is 14.1. The first-order valence-corrected chi connectivity index (χ1v) is 41.7. The van der Waals surface area contributed by atoms with Crippen LogP contribution in [-0.2, 0) is 18.4 Å². The lowest BCUT2D eigenvalue weighted by atomic mass is 10.0. The second kappa shape index (κ2) is 74.4. The number of aliphatic hydroxyl groups is 1. The van der Waals surface area contributed by atoms with Gasteiger partial charge in [-0.1, -0.05) is 393 Å².